The van der Waals surface area contributed by atoms with Crippen LogP contribution in [0.25, 0.3) is 0 Å². The van der Waals surface area contributed by atoms with Gasteiger partial charge in [-0.15, -0.1) is 0 Å². The highest BCUT2D eigenvalue weighted by molar-refractivity contribution is 7.98. The summed E-state index contributed by atoms with van der Waals surface area (Å²) in [6.07, 6.45) is 2.88. The quantitative estimate of drug-likeness (QED) is 0.634. The molecule has 0 rings (SSSR count). The molecule has 0 aromatic heterocycles. The minimum Gasteiger partial charge on any atom is -0.480 e. The van der Waals surface area contributed by atoms with E-state index >= 15 is 0 Å². The molecule has 0 fully saturated rings. The van der Waals surface area contributed by atoms with Crippen LogP contribution in [-0.2, 0) is 4.79 Å². The van der Waals surface area contributed by atoms with Gasteiger partial charge in [-0.3, -0.25) is 0 Å². The first-order valence-corrected chi connectivity index (χ1v) is 6.94. The highest BCUT2D eigenvalue weighted by Crippen LogP contribution is 2.19. The van der Waals surface area contributed by atoms with E-state index in [1.165, 1.54) is 0 Å². The van der Waals surface area contributed by atoms with Crippen LogP contribution in [0.5, 0.6) is 0 Å². The molecule has 0 spiro atoms. The Morgan fingerprint density at radius 3 is 2.35 bits per heavy atom. The van der Waals surface area contributed by atoms with E-state index in [0.29, 0.717) is 6.54 Å². The van der Waals surface area contributed by atoms with Crippen molar-refractivity contribution >= 4 is 23.8 Å². The topological polar surface area (TPSA) is 78.4 Å². The third kappa shape index (κ3) is 7.10. The van der Waals surface area contributed by atoms with Crippen molar-refractivity contribution in [1.82, 2.24) is 10.6 Å². The van der Waals surface area contributed by atoms with Gasteiger partial charge in [0, 0.05) is 6.54 Å². The number of carboxylic acid groups (broad SMARTS) is 1. The summed E-state index contributed by atoms with van der Waals surface area (Å²) in [4.78, 5) is 22.5. The van der Waals surface area contributed by atoms with Crippen LogP contribution in [0.1, 0.15) is 27.2 Å². The van der Waals surface area contributed by atoms with Gasteiger partial charge < -0.3 is 15.7 Å². The van der Waals surface area contributed by atoms with Crippen molar-refractivity contribution in [3.05, 3.63) is 0 Å². The predicted octanol–water partition coefficient (Wildman–Crippen LogP) is 1.54. The summed E-state index contributed by atoms with van der Waals surface area (Å²) in [5, 5.41) is 14.1. The third-order valence-electron chi connectivity index (χ3n) is 2.20. The van der Waals surface area contributed by atoms with Gasteiger partial charge in [-0.25, -0.2) is 9.59 Å². The molecule has 0 heterocycles. The summed E-state index contributed by atoms with van der Waals surface area (Å²) in [7, 11) is 0. The summed E-state index contributed by atoms with van der Waals surface area (Å²) in [6, 6.07) is -1.31. The average Bonchev–Trinajstić information content (AvgIpc) is 2.19. The van der Waals surface area contributed by atoms with E-state index in [-0.39, 0.29) is 0 Å². The van der Waals surface area contributed by atoms with Crippen LogP contribution in [0.3, 0.4) is 0 Å². The van der Waals surface area contributed by atoms with Crippen molar-refractivity contribution in [2.75, 3.05) is 18.6 Å². The Labute approximate surface area is 107 Å². The maximum Gasteiger partial charge on any atom is 0.326 e. The molecule has 1 atom stereocenters. The van der Waals surface area contributed by atoms with E-state index < -0.39 is 23.5 Å². The fourth-order valence-corrected chi connectivity index (χ4v) is 1.68. The van der Waals surface area contributed by atoms with Crippen molar-refractivity contribution in [1.29, 1.82) is 0 Å². The number of carboxylic acids is 1. The van der Waals surface area contributed by atoms with Crippen molar-refractivity contribution < 1.29 is 14.7 Å². The lowest BCUT2D eigenvalue weighted by atomic mass is 9.87. The molecular weight excluding hydrogens is 240 g/mol. The molecule has 0 aliphatic heterocycles. The molecule has 0 aliphatic carbocycles. The molecule has 0 aromatic carbocycles. The number of thioether (sulfide) groups is 1. The number of rotatable bonds is 6. The molecule has 3 N–H and O–H groups in total. The maximum absolute atomic E-state index is 11.5. The van der Waals surface area contributed by atoms with Gasteiger partial charge in [-0.1, -0.05) is 20.8 Å². The third-order valence-corrected chi connectivity index (χ3v) is 2.90. The monoisotopic (exact) mass is 262 g/mol. The van der Waals surface area contributed by atoms with E-state index in [9.17, 15) is 9.59 Å². The zero-order valence-electron chi connectivity index (χ0n) is 10.9. The summed E-state index contributed by atoms with van der Waals surface area (Å²) < 4.78 is 0. The lowest BCUT2D eigenvalue weighted by Gasteiger charge is -2.27. The van der Waals surface area contributed by atoms with Gasteiger partial charge in [0.25, 0.3) is 0 Å². The van der Waals surface area contributed by atoms with Gasteiger partial charge in [0.1, 0.15) is 6.04 Å². The summed E-state index contributed by atoms with van der Waals surface area (Å²) in [5.74, 6) is -0.0428. The molecule has 17 heavy (non-hydrogen) atoms. The molecule has 0 radical (unpaired) electrons. The number of nitrogens with one attached hydrogen (secondary N) is 2. The van der Waals surface area contributed by atoms with E-state index in [4.69, 9.17) is 5.11 Å². The molecule has 5 nitrogen and oxygen atoms in total. The fraction of sp³-hybridized carbons (Fsp3) is 0.818. The molecule has 0 saturated carbocycles. The number of carbonyl (C=O) groups is 2. The van der Waals surface area contributed by atoms with Crippen molar-refractivity contribution in [3.63, 3.8) is 0 Å². The van der Waals surface area contributed by atoms with Crippen LogP contribution >= 0.6 is 11.8 Å². The van der Waals surface area contributed by atoms with Crippen molar-refractivity contribution in [2.24, 2.45) is 5.41 Å². The SMILES string of the molecule is CSCCCNC(=O)N[C@H](C(=O)O)C(C)(C)C. The Balaban J connectivity index is 4.11. The van der Waals surface area contributed by atoms with Gasteiger partial charge in [-0.2, -0.15) is 11.8 Å². The Morgan fingerprint density at radius 2 is 1.94 bits per heavy atom. The smallest absolute Gasteiger partial charge is 0.326 e. The van der Waals surface area contributed by atoms with Crippen LogP contribution in [0.4, 0.5) is 4.79 Å². The van der Waals surface area contributed by atoms with E-state index in [2.05, 4.69) is 10.6 Å². The van der Waals surface area contributed by atoms with Crippen molar-refractivity contribution in [3.8, 4) is 0 Å². The number of hydrogen-bond donors (Lipinski definition) is 3. The highest BCUT2D eigenvalue weighted by atomic mass is 32.2. The van der Waals surface area contributed by atoms with Crippen molar-refractivity contribution in [2.45, 2.75) is 33.2 Å². The number of hydrogen-bond acceptors (Lipinski definition) is 3. The number of amides is 2. The molecular formula is C11H22N2O3S. The summed E-state index contributed by atoms with van der Waals surface area (Å²) in [5.41, 5.74) is -0.511. The molecule has 0 aromatic rings. The lowest BCUT2D eigenvalue weighted by molar-refractivity contribution is -0.141. The molecule has 0 aliphatic rings. The fourth-order valence-electron chi connectivity index (χ4n) is 1.25. The minimum atomic E-state index is -1.02. The molecule has 6 heteroatoms. The maximum atomic E-state index is 11.5. The zero-order valence-corrected chi connectivity index (χ0v) is 11.7. The minimum absolute atomic E-state index is 0.423. The van der Waals surface area contributed by atoms with Gasteiger partial charge in [0.2, 0.25) is 0 Å². The summed E-state index contributed by atoms with van der Waals surface area (Å²) >= 11 is 1.71. The Hall–Kier alpha value is -0.910. The zero-order chi connectivity index (χ0) is 13.5. The second-order valence-electron chi connectivity index (χ2n) is 4.88. The number of urea groups is 1. The molecule has 0 saturated heterocycles. The number of carbonyl (C=O) groups excluding carboxylic acids is 1. The summed E-state index contributed by atoms with van der Waals surface area (Å²) in [6.45, 7) is 5.89. The van der Waals surface area contributed by atoms with E-state index in [0.717, 1.165) is 12.2 Å². The largest absolute Gasteiger partial charge is 0.480 e. The first kappa shape index (κ1) is 16.1. The Bertz CT molecular complexity index is 264. The van der Waals surface area contributed by atoms with Crippen LogP contribution in [0, 0.1) is 5.41 Å². The predicted molar refractivity (Wildman–Crippen MR) is 70.4 cm³/mol. The van der Waals surface area contributed by atoms with Gasteiger partial charge in [0.15, 0.2) is 0 Å². The van der Waals surface area contributed by atoms with E-state index in [1.54, 1.807) is 32.5 Å². The standard InChI is InChI=1S/C11H22N2O3S/c1-11(2,3)8(9(14)15)13-10(16)12-6-5-7-17-4/h8H,5-7H2,1-4H3,(H,14,15)(H2,12,13,16)/t8-/m1/s1. The Kier molecular flexibility index (Phi) is 7.03. The first-order chi connectivity index (χ1) is 7.79. The highest BCUT2D eigenvalue weighted by Gasteiger charge is 2.32. The molecule has 2 amide bonds. The van der Waals surface area contributed by atoms with Crippen LogP contribution < -0.4 is 10.6 Å². The normalized spacial score (nSPS) is 12.9. The Morgan fingerprint density at radius 1 is 1.35 bits per heavy atom. The second kappa shape index (κ2) is 7.42. The van der Waals surface area contributed by atoms with Crippen LogP contribution in [0.2, 0.25) is 0 Å². The second-order valence-corrected chi connectivity index (χ2v) is 5.87. The first-order valence-electron chi connectivity index (χ1n) is 5.55. The van der Waals surface area contributed by atoms with E-state index in [1.807, 2.05) is 6.26 Å². The van der Waals surface area contributed by atoms with Crippen LogP contribution in [0.15, 0.2) is 0 Å². The molecule has 0 unspecified atom stereocenters. The molecule has 0 bridgehead atoms. The molecule has 100 valence electrons. The average molecular weight is 262 g/mol. The van der Waals surface area contributed by atoms with Gasteiger partial charge in [-0.05, 0) is 23.8 Å². The van der Waals surface area contributed by atoms with Crippen LogP contribution in [-0.4, -0.2) is 41.7 Å². The number of aliphatic carboxylic acids is 1. The van der Waals surface area contributed by atoms with Gasteiger partial charge in [0.05, 0.1) is 0 Å². The lowest BCUT2D eigenvalue weighted by Crippen LogP contribution is -2.52. The van der Waals surface area contributed by atoms with Gasteiger partial charge >= 0.3 is 12.0 Å².